The number of carbonyl (C=O) groups is 1. The number of halogens is 2. The standard InChI is InChI=1S/C16H16Cl2N2O3/c1-22-14-4-2-3-5-15(14)23-7-6-19-16(21)20-13-9-11(17)8-12(18)10-13/h2-5,8-10H,6-7H2,1H3,(H2,19,20,21). The molecular weight excluding hydrogens is 339 g/mol. The summed E-state index contributed by atoms with van der Waals surface area (Å²) in [6.45, 7) is 0.641. The van der Waals surface area contributed by atoms with Crippen molar-refractivity contribution in [2.75, 3.05) is 25.6 Å². The van der Waals surface area contributed by atoms with Gasteiger partial charge < -0.3 is 20.1 Å². The van der Waals surface area contributed by atoms with Crippen molar-refractivity contribution < 1.29 is 14.3 Å². The van der Waals surface area contributed by atoms with Gasteiger partial charge in [0.25, 0.3) is 0 Å². The number of carbonyl (C=O) groups excluding carboxylic acids is 1. The molecule has 23 heavy (non-hydrogen) atoms. The van der Waals surface area contributed by atoms with Crippen molar-refractivity contribution in [1.29, 1.82) is 0 Å². The molecule has 2 aromatic carbocycles. The molecule has 0 bridgehead atoms. The number of hydrogen-bond acceptors (Lipinski definition) is 3. The van der Waals surface area contributed by atoms with Crippen LogP contribution in [0.1, 0.15) is 0 Å². The first-order valence-electron chi connectivity index (χ1n) is 6.85. The van der Waals surface area contributed by atoms with Crippen LogP contribution in [0.2, 0.25) is 10.0 Å². The third-order valence-electron chi connectivity index (χ3n) is 2.83. The highest BCUT2D eigenvalue weighted by Crippen LogP contribution is 2.25. The SMILES string of the molecule is COc1ccccc1OCCNC(=O)Nc1cc(Cl)cc(Cl)c1. The van der Waals surface area contributed by atoms with Gasteiger partial charge in [-0.1, -0.05) is 35.3 Å². The van der Waals surface area contributed by atoms with Crippen molar-refractivity contribution in [3.63, 3.8) is 0 Å². The summed E-state index contributed by atoms with van der Waals surface area (Å²) in [5, 5.41) is 6.22. The molecular formula is C16H16Cl2N2O3. The van der Waals surface area contributed by atoms with Crippen molar-refractivity contribution in [3.05, 3.63) is 52.5 Å². The Bertz CT molecular complexity index is 660. The third-order valence-corrected chi connectivity index (χ3v) is 3.27. The highest BCUT2D eigenvalue weighted by atomic mass is 35.5. The second-order valence-corrected chi connectivity index (χ2v) is 5.41. The van der Waals surface area contributed by atoms with Crippen LogP contribution in [0.3, 0.4) is 0 Å². The first-order valence-corrected chi connectivity index (χ1v) is 7.61. The maximum absolute atomic E-state index is 11.8. The van der Waals surface area contributed by atoms with Gasteiger partial charge in [-0.3, -0.25) is 0 Å². The fourth-order valence-corrected chi connectivity index (χ4v) is 2.39. The van der Waals surface area contributed by atoms with Crippen molar-refractivity contribution in [2.24, 2.45) is 0 Å². The Morgan fingerprint density at radius 1 is 1.09 bits per heavy atom. The summed E-state index contributed by atoms with van der Waals surface area (Å²) in [7, 11) is 1.57. The molecule has 0 radical (unpaired) electrons. The van der Waals surface area contributed by atoms with Crippen LogP contribution in [0.4, 0.5) is 10.5 Å². The number of nitrogens with one attached hydrogen (secondary N) is 2. The summed E-state index contributed by atoms with van der Waals surface area (Å²) < 4.78 is 10.7. The van der Waals surface area contributed by atoms with E-state index in [0.29, 0.717) is 40.4 Å². The van der Waals surface area contributed by atoms with Crippen molar-refractivity contribution in [2.45, 2.75) is 0 Å². The van der Waals surface area contributed by atoms with E-state index in [9.17, 15) is 4.79 Å². The van der Waals surface area contributed by atoms with Gasteiger partial charge in [-0.05, 0) is 30.3 Å². The zero-order valence-electron chi connectivity index (χ0n) is 12.4. The second-order valence-electron chi connectivity index (χ2n) is 4.54. The van der Waals surface area contributed by atoms with E-state index >= 15 is 0 Å². The molecule has 0 heterocycles. The van der Waals surface area contributed by atoms with Crippen LogP contribution in [-0.4, -0.2) is 26.3 Å². The molecule has 122 valence electrons. The average molecular weight is 355 g/mol. The van der Waals surface area contributed by atoms with E-state index in [0.717, 1.165) is 0 Å². The summed E-state index contributed by atoms with van der Waals surface area (Å²) in [6.07, 6.45) is 0. The van der Waals surface area contributed by atoms with Crippen LogP contribution in [-0.2, 0) is 0 Å². The van der Waals surface area contributed by atoms with Crippen LogP contribution in [0.15, 0.2) is 42.5 Å². The molecule has 2 rings (SSSR count). The van der Waals surface area contributed by atoms with E-state index < -0.39 is 0 Å². The Labute approximate surface area is 144 Å². The normalized spacial score (nSPS) is 10.0. The molecule has 0 aromatic heterocycles. The number of urea groups is 1. The summed E-state index contributed by atoms with van der Waals surface area (Å²) in [6, 6.07) is 11.7. The van der Waals surface area contributed by atoms with E-state index in [1.165, 1.54) is 0 Å². The minimum absolute atomic E-state index is 0.310. The quantitative estimate of drug-likeness (QED) is 0.764. The molecule has 7 heteroatoms. The lowest BCUT2D eigenvalue weighted by Crippen LogP contribution is -2.32. The number of amides is 2. The third kappa shape index (κ3) is 5.54. The minimum atomic E-state index is -0.369. The number of hydrogen-bond donors (Lipinski definition) is 2. The first kappa shape index (κ1) is 17.2. The summed E-state index contributed by atoms with van der Waals surface area (Å²) in [5.41, 5.74) is 0.519. The largest absolute Gasteiger partial charge is 0.493 e. The van der Waals surface area contributed by atoms with Gasteiger partial charge in [-0.15, -0.1) is 0 Å². The predicted molar refractivity (Wildman–Crippen MR) is 92.0 cm³/mol. The molecule has 2 N–H and O–H groups in total. The van der Waals surface area contributed by atoms with E-state index in [1.54, 1.807) is 37.4 Å². The van der Waals surface area contributed by atoms with Crippen molar-refractivity contribution in [1.82, 2.24) is 5.32 Å². The molecule has 0 spiro atoms. The Morgan fingerprint density at radius 2 is 1.74 bits per heavy atom. The van der Waals surface area contributed by atoms with E-state index in [4.69, 9.17) is 32.7 Å². The summed E-state index contributed by atoms with van der Waals surface area (Å²) in [4.78, 5) is 11.8. The van der Waals surface area contributed by atoms with E-state index in [1.807, 2.05) is 12.1 Å². The highest BCUT2D eigenvalue weighted by molar-refractivity contribution is 6.35. The first-order chi connectivity index (χ1) is 11.1. The van der Waals surface area contributed by atoms with Gasteiger partial charge in [0.2, 0.25) is 0 Å². The van der Waals surface area contributed by atoms with Crippen LogP contribution in [0.5, 0.6) is 11.5 Å². The molecule has 2 amide bonds. The topological polar surface area (TPSA) is 59.6 Å². The zero-order valence-corrected chi connectivity index (χ0v) is 13.9. The molecule has 0 saturated heterocycles. The average Bonchev–Trinajstić information content (AvgIpc) is 2.51. The van der Waals surface area contributed by atoms with Crippen molar-refractivity contribution in [3.8, 4) is 11.5 Å². The zero-order chi connectivity index (χ0) is 16.7. The van der Waals surface area contributed by atoms with Gasteiger partial charge in [-0.25, -0.2) is 4.79 Å². The fourth-order valence-electron chi connectivity index (χ4n) is 1.86. The smallest absolute Gasteiger partial charge is 0.319 e. The van der Waals surface area contributed by atoms with Gasteiger partial charge in [0.1, 0.15) is 6.61 Å². The number of anilines is 1. The second kappa shape index (κ2) is 8.50. The lowest BCUT2D eigenvalue weighted by atomic mass is 10.3. The Balaban J connectivity index is 1.76. The van der Waals surface area contributed by atoms with E-state index in [2.05, 4.69) is 10.6 Å². The van der Waals surface area contributed by atoms with Crippen molar-refractivity contribution >= 4 is 34.9 Å². The fraction of sp³-hybridized carbons (Fsp3) is 0.188. The van der Waals surface area contributed by atoms with Gasteiger partial charge in [-0.2, -0.15) is 0 Å². The summed E-state index contributed by atoms with van der Waals surface area (Å²) >= 11 is 11.7. The molecule has 5 nitrogen and oxygen atoms in total. The molecule has 0 saturated carbocycles. The monoisotopic (exact) mass is 354 g/mol. The highest BCUT2D eigenvalue weighted by Gasteiger charge is 2.05. The Hall–Kier alpha value is -2.11. The van der Waals surface area contributed by atoms with Crippen LogP contribution >= 0.6 is 23.2 Å². The molecule has 0 aliphatic rings. The van der Waals surface area contributed by atoms with Crippen LogP contribution in [0.25, 0.3) is 0 Å². The lowest BCUT2D eigenvalue weighted by molar-refractivity contribution is 0.246. The molecule has 0 atom stereocenters. The van der Waals surface area contributed by atoms with E-state index in [-0.39, 0.29) is 6.03 Å². The molecule has 0 fully saturated rings. The maximum atomic E-state index is 11.8. The van der Waals surface area contributed by atoms with Gasteiger partial charge in [0.05, 0.1) is 13.7 Å². The predicted octanol–water partition coefficient (Wildman–Crippen LogP) is 4.20. The Kier molecular flexibility index (Phi) is 6.38. The van der Waals surface area contributed by atoms with Crippen LogP contribution < -0.4 is 20.1 Å². The number of para-hydroxylation sites is 2. The van der Waals surface area contributed by atoms with Gasteiger partial charge >= 0.3 is 6.03 Å². The molecule has 0 aliphatic carbocycles. The number of benzene rings is 2. The van der Waals surface area contributed by atoms with Gasteiger partial charge in [0.15, 0.2) is 11.5 Å². The lowest BCUT2D eigenvalue weighted by Gasteiger charge is -2.11. The van der Waals surface area contributed by atoms with Crippen LogP contribution in [0, 0.1) is 0 Å². The summed E-state index contributed by atoms with van der Waals surface area (Å²) in [5.74, 6) is 1.27. The molecule has 0 aliphatic heterocycles. The Morgan fingerprint density at radius 3 is 2.39 bits per heavy atom. The maximum Gasteiger partial charge on any atom is 0.319 e. The number of ether oxygens (including phenoxy) is 2. The molecule has 2 aromatic rings. The van der Waals surface area contributed by atoms with Gasteiger partial charge in [0, 0.05) is 15.7 Å². The number of rotatable bonds is 6. The molecule has 0 unspecified atom stereocenters. The minimum Gasteiger partial charge on any atom is -0.493 e. The number of methoxy groups -OCH3 is 1.